The number of aliphatic hydroxyl groups excluding tert-OH is 1. The van der Waals surface area contributed by atoms with Gasteiger partial charge in [0.05, 0.1) is 24.4 Å². The fourth-order valence-corrected chi connectivity index (χ4v) is 3.62. The van der Waals surface area contributed by atoms with Crippen molar-refractivity contribution in [3.63, 3.8) is 0 Å². The summed E-state index contributed by atoms with van der Waals surface area (Å²) in [6, 6.07) is 7.68. The number of aromatic nitrogens is 2. The number of nitrogens with zero attached hydrogens (tertiary/aromatic N) is 4. The lowest BCUT2D eigenvalue weighted by molar-refractivity contribution is 0.0613. The number of amides is 1. The zero-order valence-corrected chi connectivity index (χ0v) is 16.0. The van der Waals surface area contributed by atoms with E-state index in [9.17, 15) is 4.79 Å². The highest BCUT2D eigenvalue weighted by molar-refractivity contribution is 6.31. The molecule has 0 unspecified atom stereocenters. The van der Waals surface area contributed by atoms with Crippen molar-refractivity contribution >= 4 is 17.5 Å². The molecular weight excluding hydrogens is 352 g/mol. The van der Waals surface area contributed by atoms with Crippen LogP contribution in [0, 0.1) is 13.8 Å². The second-order valence-electron chi connectivity index (χ2n) is 6.65. The van der Waals surface area contributed by atoms with Crippen molar-refractivity contribution in [2.24, 2.45) is 0 Å². The molecule has 7 heteroatoms. The number of hydrogen-bond donors (Lipinski definition) is 1. The standard InChI is InChI=1S/C19H25ClN4O2/c1-14-18(19(26)23-9-7-22(8-10-23)11-12-25)15(2)24(21-14)13-16-5-3-4-6-17(16)20/h3-6,25H,7-13H2,1-2H3. The molecule has 0 radical (unpaired) electrons. The maximum atomic E-state index is 13.0. The third-order valence-corrected chi connectivity index (χ3v) is 5.32. The minimum absolute atomic E-state index is 0.0362. The molecule has 1 amide bonds. The number of halogens is 1. The third-order valence-electron chi connectivity index (χ3n) is 4.95. The van der Waals surface area contributed by atoms with Gasteiger partial charge in [-0.1, -0.05) is 29.8 Å². The fourth-order valence-electron chi connectivity index (χ4n) is 3.42. The lowest BCUT2D eigenvalue weighted by Gasteiger charge is -2.34. The van der Waals surface area contributed by atoms with E-state index in [4.69, 9.17) is 16.7 Å². The number of piperazine rings is 1. The van der Waals surface area contributed by atoms with Crippen molar-refractivity contribution in [1.29, 1.82) is 0 Å². The Labute approximate surface area is 159 Å². The van der Waals surface area contributed by atoms with Gasteiger partial charge in [-0.3, -0.25) is 14.4 Å². The van der Waals surface area contributed by atoms with Gasteiger partial charge in [0.1, 0.15) is 0 Å². The Hall–Kier alpha value is -1.89. The van der Waals surface area contributed by atoms with Crippen LogP contribution in [0.25, 0.3) is 0 Å². The highest BCUT2D eigenvalue weighted by Gasteiger charge is 2.26. The van der Waals surface area contributed by atoms with Gasteiger partial charge >= 0.3 is 0 Å². The molecule has 0 saturated carbocycles. The van der Waals surface area contributed by atoms with Crippen LogP contribution in [0.2, 0.25) is 5.02 Å². The molecule has 1 fully saturated rings. The molecule has 26 heavy (non-hydrogen) atoms. The van der Waals surface area contributed by atoms with Gasteiger partial charge in [0.15, 0.2) is 0 Å². The van der Waals surface area contributed by atoms with Crippen molar-refractivity contribution in [3.05, 3.63) is 51.8 Å². The predicted octanol–water partition coefficient (Wildman–Crippen LogP) is 1.95. The lowest BCUT2D eigenvalue weighted by Crippen LogP contribution is -2.49. The normalized spacial score (nSPS) is 15.5. The monoisotopic (exact) mass is 376 g/mol. The van der Waals surface area contributed by atoms with E-state index >= 15 is 0 Å². The molecule has 140 valence electrons. The molecule has 2 aromatic rings. The third kappa shape index (κ3) is 3.92. The molecule has 3 rings (SSSR count). The summed E-state index contributed by atoms with van der Waals surface area (Å²) in [4.78, 5) is 17.1. The van der Waals surface area contributed by atoms with Crippen LogP contribution in [0.15, 0.2) is 24.3 Å². The molecule has 6 nitrogen and oxygen atoms in total. The number of aryl methyl sites for hydroxylation is 1. The first-order valence-electron chi connectivity index (χ1n) is 8.91. The first kappa shape index (κ1) is 18.9. The van der Waals surface area contributed by atoms with Gasteiger partial charge in [-0.25, -0.2) is 0 Å². The molecule has 0 spiro atoms. The molecule has 1 aliphatic rings. The zero-order chi connectivity index (χ0) is 18.7. The van der Waals surface area contributed by atoms with Crippen LogP contribution in [-0.4, -0.2) is 69.9 Å². The topological polar surface area (TPSA) is 61.6 Å². The van der Waals surface area contributed by atoms with E-state index in [2.05, 4.69) is 10.00 Å². The summed E-state index contributed by atoms with van der Waals surface area (Å²) in [7, 11) is 0. The molecule has 1 saturated heterocycles. The summed E-state index contributed by atoms with van der Waals surface area (Å²) in [6.45, 7) is 8.11. The van der Waals surface area contributed by atoms with Crippen molar-refractivity contribution in [1.82, 2.24) is 19.6 Å². The van der Waals surface area contributed by atoms with Gasteiger partial charge in [0, 0.05) is 43.4 Å². The number of β-amino-alcohol motifs (C(OH)–C–C–N with tert-alkyl or cyclic N) is 1. The quantitative estimate of drug-likeness (QED) is 0.866. The van der Waals surface area contributed by atoms with Crippen LogP contribution >= 0.6 is 11.6 Å². The largest absolute Gasteiger partial charge is 0.395 e. The molecule has 1 aromatic heterocycles. The molecule has 2 heterocycles. The van der Waals surface area contributed by atoms with Crippen LogP contribution < -0.4 is 0 Å². The highest BCUT2D eigenvalue weighted by atomic mass is 35.5. The van der Waals surface area contributed by atoms with E-state index < -0.39 is 0 Å². The molecular formula is C19H25ClN4O2. The number of aliphatic hydroxyl groups is 1. The highest BCUT2D eigenvalue weighted by Crippen LogP contribution is 2.21. The molecule has 0 bridgehead atoms. The SMILES string of the molecule is Cc1nn(Cc2ccccc2Cl)c(C)c1C(=O)N1CCN(CCO)CC1. The predicted molar refractivity (Wildman–Crippen MR) is 102 cm³/mol. The second kappa shape index (κ2) is 8.20. The van der Waals surface area contributed by atoms with E-state index in [1.54, 1.807) is 0 Å². The average Bonchev–Trinajstić information content (AvgIpc) is 2.91. The fraction of sp³-hybridized carbons (Fsp3) is 0.474. The number of rotatable bonds is 5. The molecule has 1 N–H and O–H groups in total. The Bertz CT molecular complexity index is 782. The number of hydrogen-bond acceptors (Lipinski definition) is 4. The average molecular weight is 377 g/mol. The maximum Gasteiger partial charge on any atom is 0.257 e. The van der Waals surface area contributed by atoms with E-state index in [-0.39, 0.29) is 12.5 Å². The van der Waals surface area contributed by atoms with Gasteiger partial charge in [-0.2, -0.15) is 5.10 Å². The van der Waals surface area contributed by atoms with E-state index in [0.717, 1.165) is 30.0 Å². The lowest BCUT2D eigenvalue weighted by atomic mass is 10.1. The Morgan fingerprint density at radius 2 is 1.88 bits per heavy atom. The van der Waals surface area contributed by atoms with Crippen LogP contribution in [0.4, 0.5) is 0 Å². The van der Waals surface area contributed by atoms with Crippen LogP contribution in [0.5, 0.6) is 0 Å². The van der Waals surface area contributed by atoms with Crippen molar-refractivity contribution < 1.29 is 9.90 Å². The van der Waals surface area contributed by atoms with Gasteiger partial charge in [0.2, 0.25) is 0 Å². The van der Waals surface area contributed by atoms with E-state index in [0.29, 0.717) is 36.8 Å². The van der Waals surface area contributed by atoms with Crippen molar-refractivity contribution in [3.8, 4) is 0 Å². The van der Waals surface area contributed by atoms with Gasteiger partial charge in [-0.05, 0) is 25.5 Å². The minimum Gasteiger partial charge on any atom is -0.395 e. The number of carbonyl (C=O) groups excluding carboxylic acids is 1. The molecule has 0 atom stereocenters. The Kier molecular flexibility index (Phi) is 5.96. The number of benzene rings is 1. The van der Waals surface area contributed by atoms with Crippen molar-refractivity contribution in [2.75, 3.05) is 39.3 Å². The minimum atomic E-state index is 0.0362. The molecule has 0 aliphatic carbocycles. The Morgan fingerprint density at radius 3 is 2.54 bits per heavy atom. The molecule has 1 aromatic carbocycles. The van der Waals surface area contributed by atoms with Crippen LogP contribution in [0.1, 0.15) is 27.3 Å². The van der Waals surface area contributed by atoms with Gasteiger partial charge < -0.3 is 10.0 Å². The van der Waals surface area contributed by atoms with Crippen LogP contribution in [0.3, 0.4) is 0 Å². The first-order chi connectivity index (χ1) is 12.5. The summed E-state index contributed by atoms with van der Waals surface area (Å²) in [5.41, 5.74) is 3.28. The second-order valence-corrected chi connectivity index (χ2v) is 7.06. The van der Waals surface area contributed by atoms with Crippen molar-refractivity contribution in [2.45, 2.75) is 20.4 Å². The summed E-state index contributed by atoms with van der Waals surface area (Å²) < 4.78 is 1.85. The maximum absolute atomic E-state index is 13.0. The summed E-state index contributed by atoms with van der Waals surface area (Å²) in [5.74, 6) is 0.0362. The van der Waals surface area contributed by atoms with E-state index in [1.165, 1.54) is 0 Å². The van der Waals surface area contributed by atoms with Gasteiger partial charge in [-0.15, -0.1) is 0 Å². The van der Waals surface area contributed by atoms with Gasteiger partial charge in [0.25, 0.3) is 5.91 Å². The number of carbonyl (C=O) groups is 1. The Balaban J connectivity index is 1.76. The zero-order valence-electron chi connectivity index (χ0n) is 15.3. The Morgan fingerprint density at radius 1 is 1.19 bits per heavy atom. The van der Waals surface area contributed by atoms with E-state index in [1.807, 2.05) is 47.7 Å². The smallest absolute Gasteiger partial charge is 0.257 e. The first-order valence-corrected chi connectivity index (χ1v) is 9.29. The van der Waals surface area contributed by atoms with Crippen LogP contribution in [-0.2, 0) is 6.54 Å². The summed E-state index contributed by atoms with van der Waals surface area (Å²) >= 11 is 6.26. The summed E-state index contributed by atoms with van der Waals surface area (Å²) in [6.07, 6.45) is 0. The summed E-state index contributed by atoms with van der Waals surface area (Å²) in [5, 5.41) is 14.3. The molecule has 1 aliphatic heterocycles.